The first-order valence-corrected chi connectivity index (χ1v) is 20.6. The number of ether oxygens (including phenoxy) is 4. The van der Waals surface area contributed by atoms with Crippen molar-refractivity contribution in [3.05, 3.63) is 23.3 Å². The molecular formula is C42H68O13. The van der Waals surface area contributed by atoms with E-state index in [-0.39, 0.29) is 46.7 Å². The molecule has 55 heavy (non-hydrogen) atoms. The van der Waals surface area contributed by atoms with Crippen LogP contribution in [0.25, 0.3) is 0 Å². The first-order valence-electron chi connectivity index (χ1n) is 20.6. The first kappa shape index (κ1) is 42.1. The van der Waals surface area contributed by atoms with Crippen molar-refractivity contribution >= 4 is 0 Å². The number of hydrogen-bond acceptors (Lipinski definition) is 13. The Morgan fingerprint density at radius 2 is 1.44 bits per heavy atom. The summed E-state index contributed by atoms with van der Waals surface area (Å²) in [4.78, 5) is 0. The zero-order valence-corrected chi connectivity index (χ0v) is 33.7. The van der Waals surface area contributed by atoms with Gasteiger partial charge in [-0.25, -0.2) is 0 Å². The molecule has 0 radical (unpaired) electrons. The second kappa shape index (κ2) is 14.3. The minimum atomic E-state index is -1.73. The first-order chi connectivity index (χ1) is 25.7. The molecule has 5 fully saturated rings. The third-order valence-corrected chi connectivity index (χ3v) is 16.8. The van der Waals surface area contributed by atoms with E-state index in [1.165, 1.54) is 11.1 Å². The van der Waals surface area contributed by atoms with Crippen molar-refractivity contribution in [3.63, 3.8) is 0 Å². The molecule has 2 aliphatic heterocycles. The molecule has 3 saturated carbocycles. The minimum absolute atomic E-state index is 0.0212. The van der Waals surface area contributed by atoms with Gasteiger partial charge in [0.1, 0.15) is 42.7 Å². The van der Waals surface area contributed by atoms with Crippen molar-refractivity contribution in [2.75, 3.05) is 19.8 Å². The number of allylic oxidation sites excluding steroid dienone is 3. The molecule has 0 spiro atoms. The lowest BCUT2D eigenvalue weighted by molar-refractivity contribution is -0.367. The van der Waals surface area contributed by atoms with E-state index in [1.807, 2.05) is 6.92 Å². The van der Waals surface area contributed by atoms with Gasteiger partial charge >= 0.3 is 0 Å². The summed E-state index contributed by atoms with van der Waals surface area (Å²) >= 11 is 0. The molecule has 314 valence electrons. The molecule has 0 amide bonds. The highest BCUT2D eigenvalue weighted by molar-refractivity contribution is 5.47. The summed E-state index contributed by atoms with van der Waals surface area (Å²) in [5.41, 5.74) is 0.476. The van der Waals surface area contributed by atoms with Crippen LogP contribution in [-0.4, -0.2) is 139 Å². The maximum absolute atomic E-state index is 12.0. The van der Waals surface area contributed by atoms with Crippen LogP contribution in [0.15, 0.2) is 23.3 Å². The van der Waals surface area contributed by atoms with Crippen LogP contribution in [0.4, 0.5) is 0 Å². The SMILES string of the molecule is CC1O[C@H](OC2CC[C@@]3(C)[C@@H]4C=CC5=C6CC(C)(C)CC[C@@]6(CO)C(O)C[C@@]5(C)[C@@]4(C)CC[C@@H]3[C@]2(C)CO)C(O)C(O[C@H]2OC(CO)C(O)C(O)C2O)C1O. The summed E-state index contributed by atoms with van der Waals surface area (Å²) in [6, 6.07) is 0. The van der Waals surface area contributed by atoms with E-state index in [1.54, 1.807) is 6.92 Å². The van der Waals surface area contributed by atoms with Crippen LogP contribution in [-0.2, 0) is 18.9 Å². The Balaban J connectivity index is 1.15. The monoisotopic (exact) mass is 780 g/mol. The van der Waals surface area contributed by atoms with Crippen LogP contribution in [0.1, 0.15) is 99.8 Å². The molecule has 10 unspecified atom stereocenters. The highest BCUT2D eigenvalue weighted by Crippen LogP contribution is 2.74. The Morgan fingerprint density at radius 3 is 2.09 bits per heavy atom. The fourth-order valence-corrected chi connectivity index (χ4v) is 13.0. The van der Waals surface area contributed by atoms with Crippen LogP contribution < -0.4 is 0 Å². The fourth-order valence-electron chi connectivity index (χ4n) is 13.0. The van der Waals surface area contributed by atoms with Crippen LogP contribution in [0.5, 0.6) is 0 Å². The van der Waals surface area contributed by atoms with Gasteiger partial charge in [-0.3, -0.25) is 0 Å². The Labute approximate surface area is 325 Å². The normalized spacial score (nSPS) is 54.9. The topological polar surface area (TPSA) is 219 Å². The summed E-state index contributed by atoms with van der Waals surface area (Å²) in [6.07, 6.45) is -4.63. The minimum Gasteiger partial charge on any atom is -0.396 e. The summed E-state index contributed by atoms with van der Waals surface area (Å²) in [5.74, 6) is 0.154. The zero-order valence-electron chi connectivity index (χ0n) is 33.7. The molecule has 2 saturated heterocycles. The number of hydrogen-bond donors (Lipinski definition) is 9. The molecule has 0 aromatic heterocycles. The van der Waals surface area contributed by atoms with Crippen molar-refractivity contribution in [3.8, 4) is 0 Å². The van der Waals surface area contributed by atoms with E-state index in [0.717, 1.165) is 38.5 Å². The standard InChI is InChI=1S/C42H68O13/c1-21-29(47)34(55-35-32(50)31(49)30(48)24(18-43)53-35)33(51)36(52-21)54-28-11-12-38(4)25(39(28,5)19-44)10-13-40(6)26(38)9-8-22-23-16-37(2,3)14-15-42(23,20-45)27(46)17-41(22,40)7/h8-9,21,24-36,43-51H,10-20H2,1-7H3/t21?,24?,25-,26-,27?,28?,29?,30?,31?,32?,33?,34?,35+,36+,38+,39-,40-,41+,42-/m0/s1. The van der Waals surface area contributed by atoms with Crippen molar-refractivity contribution in [2.24, 2.45) is 44.3 Å². The molecule has 9 N–H and O–H groups in total. The molecule has 2 heterocycles. The van der Waals surface area contributed by atoms with Crippen molar-refractivity contribution in [1.82, 2.24) is 0 Å². The summed E-state index contributed by atoms with van der Waals surface area (Å²) < 4.78 is 24.0. The van der Waals surface area contributed by atoms with Crippen LogP contribution in [0, 0.1) is 44.3 Å². The Morgan fingerprint density at radius 1 is 0.745 bits per heavy atom. The summed E-state index contributed by atoms with van der Waals surface area (Å²) in [7, 11) is 0. The lowest BCUT2D eigenvalue weighted by Crippen LogP contribution is -2.67. The summed E-state index contributed by atoms with van der Waals surface area (Å²) in [5, 5.41) is 97.6. The van der Waals surface area contributed by atoms with Gasteiger partial charge in [0.15, 0.2) is 12.6 Å². The molecule has 5 aliphatic carbocycles. The Hall–Kier alpha value is -1.04. The quantitative estimate of drug-likeness (QED) is 0.168. The van der Waals surface area contributed by atoms with Crippen LogP contribution in [0.2, 0.25) is 0 Å². The van der Waals surface area contributed by atoms with E-state index < -0.39 is 91.1 Å². The molecule has 13 heteroatoms. The predicted octanol–water partition coefficient (Wildman–Crippen LogP) is 1.68. The van der Waals surface area contributed by atoms with Crippen molar-refractivity contribution in [2.45, 2.75) is 173 Å². The number of aliphatic hydroxyl groups is 9. The molecule has 0 aromatic carbocycles. The number of rotatable bonds is 7. The van der Waals surface area contributed by atoms with E-state index in [0.29, 0.717) is 12.8 Å². The van der Waals surface area contributed by atoms with E-state index in [4.69, 9.17) is 18.9 Å². The third kappa shape index (κ3) is 6.12. The van der Waals surface area contributed by atoms with Gasteiger partial charge in [0.25, 0.3) is 0 Å². The number of aliphatic hydroxyl groups excluding tert-OH is 9. The molecule has 13 nitrogen and oxygen atoms in total. The third-order valence-electron chi connectivity index (χ3n) is 16.8. The molecule has 19 atom stereocenters. The van der Waals surface area contributed by atoms with Crippen LogP contribution >= 0.6 is 0 Å². The Bertz CT molecular complexity index is 1500. The largest absolute Gasteiger partial charge is 0.396 e. The zero-order chi connectivity index (χ0) is 40.3. The van der Waals surface area contributed by atoms with Crippen LogP contribution in [0.3, 0.4) is 0 Å². The second-order valence-corrected chi connectivity index (χ2v) is 20.3. The average molecular weight is 781 g/mol. The van der Waals surface area contributed by atoms with E-state index in [9.17, 15) is 46.0 Å². The van der Waals surface area contributed by atoms with Gasteiger partial charge in [-0.2, -0.15) is 0 Å². The lowest BCUT2D eigenvalue weighted by Gasteiger charge is -2.70. The number of fused-ring (bicyclic) bond motifs is 6. The van der Waals surface area contributed by atoms with Gasteiger partial charge < -0.3 is 64.9 Å². The van der Waals surface area contributed by atoms with Gasteiger partial charge in [-0.05, 0) is 91.9 Å². The van der Waals surface area contributed by atoms with Crippen molar-refractivity contribution in [1.29, 1.82) is 0 Å². The maximum Gasteiger partial charge on any atom is 0.187 e. The lowest BCUT2D eigenvalue weighted by atomic mass is 9.35. The van der Waals surface area contributed by atoms with Crippen molar-refractivity contribution < 1.29 is 64.9 Å². The van der Waals surface area contributed by atoms with E-state index >= 15 is 0 Å². The smallest absolute Gasteiger partial charge is 0.187 e. The van der Waals surface area contributed by atoms with Gasteiger partial charge in [0.2, 0.25) is 0 Å². The predicted molar refractivity (Wildman–Crippen MR) is 199 cm³/mol. The van der Waals surface area contributed by atoms with Gasteiger partial charge in [0, 0.05) is 16.2 Å². The van der Waals surface area contributed by atoms with Gasteiger partial charge in [0.05, 0.1) is 38.1 Å². The molecular weight excluding hydrogens is 712 g/mol. The average Bonchev–Trinajstić information content (AvgIpc) is 3.13. The van der Waals surface area contributed by atoms with Gasteiger partial charge in [-0.15, -0.1) is 0 Å². The Kier molecular flexibility index (Phi) is 11.0. The summed E-state index contributed by atoms with van der Waals surface area (Å²) in [6.45, 7) is 14.4. The molecule has 0 aromatic rings. The highest BCUT2D eigenvalue weighted by atomic mass is 16.7. The molecule has 0 bridgehead atoms. The second-order valence-electron chi connectivity index (χ2n) is 20.3. The fraction of sp³-hybridized carbons (Fsp3) is 0.905. The van der Waals surface area contributed by atoms with E-state index in [2.05, 4.69) is 46.8 Å². The maximum atomic E-state index is 12.0. The molecule has 7 aliphatic rings. The highest BCUT2D eigenvalue weighted by Gasteiger charge is 2.69. The molecule has 7 rings (SSSR count). The van der Waals surface area contributed by atoms with Gasteiger partial charge in [-0.1, -0.05) is 59.3 Å².